The zero-order valence-corrected chi connectivity index (χ0v) is 27.1. The lowest BCUT2D eigenvalue weighted by Gasteiger charge is -2.34. The number of nitrogens with zero attached hydrogens (tertiary/aromatic N) is 2. The third kappa shape index (κ3) is 9.39. The predicted molar refractivity (Wildman–Crippen MR) is 169 cm³/mol. The molecule has 0 bridgehead atoms. The zero-order valence-electron chi connectivity index (χ0n) is 26.3. The number of carbonyl (C=O) groups is 3. The van der Waals surface area contributed by atoms with E-state index in [0.29, 0.717) is 15.4 Å². The molecule has 0 unspecified atom stereocenters. The van der Waals surface area contributed by atoms with Crippen LogP contribution in [0.5, 0.6) is 0 Å². The van der Waals surface area contributed by atoms with Crippen LogP contribution in [0, 0.1) is 10.1 Å². The van der Waals surface area contributed by atoms with Gasteiger partial charge < -0.3 is 20.5 Å². The number of methoxy groups -OCH3 is 1. The van der Waals surface area contributed by atoms with Gasteiger partial charge in [-0.25, -0.2) is 31.6 Å². The molecule has 48 heavy (non-hydrogen) atoms. The summed E-state index contributed by atoms with van der Waals surface area (Å²) in [6, 6.07) is 15.3. The molecule has 3 aromatic rings. The van der Waals surface area contributed by atoms with E-state index in [1.165, 1.54) is 13.8 Å². The third-order valence-electron chi connectivity index (χ3n) is 7.28. The molecule has 16 heteroatoms. The van der Waals surface area contributed by atoms with Crippen LogP contribution in [0.1, 0.15) is 43.7 Å². The fourth-order valence-corrected chi connectivity index (χ4v) is 6.91. The number of ether oxygens (including phenoxy) is 2. The number of amides is 1. The zero-order chi connectivity index (χ0) is 35.6. The van der Waals surface area contributed by atoms with Gasteiger partial charge in [0, 0.05) is 36.9 Å². The molecule has 3 rings (SSSR count). The molecule has 258 valence electrons. The number of esters is 2. The number of benzene rings is 3. The van der Waals surface area contributed by atoms with Crippen LogP contribution in [0.2, 0.25) is 0 Å². The van der Waals surface area contributed by atoms with Crippen LogP contribution in [-0.4, -0.2) is 73.4 Å². The number of nitrogens with two attached hydrogens (primary N) is 1. The molecule has 0 radical (unpaired) electrons. The fraction of sp³-hybridized carbons (Fsp3) is 0.344. The number of carbonyl (C=O) groups excluding carboxylic acids is 3. The van der Waals surface area contributed by atoms with Crippen molar-refractivity contribution in [3.63, 3.8) is 0 Å². The van der Waals surface area contributed by atoms with Gasteiger partial charge in [0.15, 0.2) is 0 Å². The Labute approximate surface area is 276 Å². The summed E-state index contributed by atoms with van der Waals surface area (Å²) in [6.45, 7) is 2.12. The minimum absolute atomic E-state index is 0.434. The summed E-state index contributed by atoms with van der Waals surface area (Å²) in [5.74, 6) is -7.70. The SMILES string of the molecule is COC(=O)N[C@H](C(=O)OC(=O)[C@H](CC(F)(F)CCN)N(C(C)C)S(=O)(=O)c1ccc([N+](=O)[O-])cc1)C(c1ccccc1)c1ccccc1. The molecule has 0 spiro atoms. The van der Waals surface area contributed by atoms with Gasteiger partial charge in [0.25, 0.3) is 11.6 Å². The minimum atomic E-state index is -4.81. The van der Waals surface area contributed by atoms with Crippen LogP contribution >= 0.6 is 0 Å². The number of non-ortho nitro benzene ring substituents is 1. The average molecular weight is 691 g/mol. The summed E-state index contributed by atoms with van der Waals surface area (Å²) in [5.41, 5.74) is 5.93. The first-order valence-corrected chi connectivity index (χ1v) is 16.1. The number of nitrogens with one attached hydrogen (secondary N) is 1. The molecule has 3 aromatic carbocycles. The highest BCUT2D eigenvalue weighted by Gasteiger charge is 2.46. The lowest BCUT2D eigenvalue weighted by atomic mass is 9.85. The van der Waals surface area contributed by atoms with Crippen molar-refractivity contribution in [1.82, 2.24) is 9.62 Å². The maximum atomic E-state index is 15.1. The second-order valence-corrected chi connectivity index (χ2v) is 12.8. The topological polar surface area (TPSA) is 188 Å². The standard InChI is InChI=1S/C32H36F2N4O9S/c1-21(2)37(48(44,45)25-16-14-24(15-17-25)38(42)43)26(20-32(33,34)18-19-35)29(39)47-30(40)28(36-31(41)46-3)27(22-10-6-4-7-11-22)23-12-8-5-9-13-23/h4-17,21,26-28H,18-20,35H2,1-3H3,(H,36,41)/t26-,28-/m0/s1. The van der Waals surface area contributed by atoms with Crippen molar-refractivity contribution in [2.24, 2.45) is 5.73 Å². The largest absolute Gasteiger partial charge is 0.453 e. The van der Waals surface area contributed by atoms with Gasteiger partial charge in [-0.05, 0) is 43.7 Å². The van der Waals surface area contributed by atoms with E-state index in [9.17, 15) is 32.9 Å². The number of hydrogen-bond donors (Lipinski definition) is 2. The van der Waals surface area contributed by atoms with Gasteiger partial charge in [0.1, 0.15) is 12.1 Å². The van der Waals surface area contributed by atoms with Gasteiger partial charge in [0.2, 0.25) is 10.0 Å². The monoisotopic (exact) mass is 690 g/mol. The summed E-state index contributed by atoms with van der Waals surface area (Å²) in [7, 11) is -3.77. The average Bonchev–Trinajstić information content (AvgIpc) is 3.04. The molecule has 0 aliphatic rings. The van der Waals surface area contributed by atoms with E-state index in [0.717, 1.165) is 31.4 Å². The van der Waals surface area contributed by atoms with Crippen molar-refractivity contribution in [1.29, 1.82) is 0 Å². The van der Waals surface area contributed by atoms with Crippen LogP contribution < -0.4 is 11.1 Å². The third-order valence-corrected chi connectivity index (χ3v) is 9.38. The van der Waals surface area contributed by atoms with Gasteiger partial charge in [0.05, 0.1) is 16.9 Å². The second kappa shape index (κ2) is 16.3. The quantitative estimate of drug-likeness (QED) is 0.100. The molecule has 2 atom stereocenters. The molecule has 13 nitrogen and oxygen atoms in total. The molecular formula is C32H36F2N4O9S. The van der Waals surface area contributed by atoms with Crippen LogP contribution in [0.15, 0.2) is 89.8 Å². The molecule has 0 aliphatic heterocycles. The fourth-order valence-electron chi connectivity index (χ4n) is 5.13. The maximum Gasteiger partial charge on any atom is 0.407 e. The van der Waals surface area contributed by atoms with Gasteiger partial charge in [-0.2, -0.15) is 4.31 Å². The van der Waals surface area contributed by atoms with E-state index in [4.69, 9.17) is 15.2 Å². The Hall–Kier alpha value is -4.80. The number of alkyl halides is 2. The Balaban J connectivity index is 2.11. The summed E-state index contributed by atoms with van der Waals surface area (Å²) >= 11 is 0. The smallest absolute Gasteiger partial charge is 0.407 e. The van der Waals surface area contributed by atoms with Crippen molar-refractivity contribution in [3.05, 3.63) is 106 Å². The molecule has 0 saturated heterocycles. The number of hydrogen-bond acceptors (Lipinski definition) is 10. The summed E-state index contributed by atoms with van der Waals surface area (Å²) in [5, 5.41) is 13.5. The Kier molecular flexibility index (Phi) is 12.8. The molecule has 0 fully saturated rings. The summed E-state index contributed by atoms with van der Waals surface area (Å²) in [4.78, 5) is 49.9. The molecular weight excluding hydrogens is 654 g/mol. The number of sulfonamides is 1. The van der Waals surface area contributed by atoms with Crippen molar-refractivity contribution in [2.45, 2.75) is 61.6 Å². The highest BCUT2D eigenvalue weighted by molar-refractivity contribution is 7.89. The number of rotatable bonds is 15. The van der Waals surface area contributed by atoms with E-state index in [-0.39, 0.29) is 0 Å². The first-order valence-electron chi connectivity index (χ1n) is 14.7. The Morgan fingerprint density at radius 1 is 0.938 bits per heavy atom. The highest BCUT2D eigenvalue weighted by Crippen LogP contribution is 2.33. The van der Waals surface area contributed by atoms with E-state index in [1.54, 1.807) is 60.7 Å². The molecule has 1 amide bonds. The van der Waals surface area contributed by atoms with Crippen LogP contribution in [0.3, 0.4) is 0 Å². The number of alkyl carbamates (subject to hydrolysis) is 1. The Morgan fingerprint density at radius 2 is 1.46 bits per heavy atom. The molecule has 0 heterocycles. The van der Waals surface area contributed by atoms with Gasteiger partial charge >= 0.3 is 18.0 Å². The lowest BCUT2D eigenvalue weighted by Crippen LogP contribution is -2.53. The summed E-state index contributed by atoms with van der Waals surface area (Å²) < 4.78 is 68.3. The molecule has 3 N–H and O–H groups in total. The Bertz CT molecular complexity index is 1640. The van der Waals surface area contributed by atoms with Crippen molar-refractivity contribution < 1.29 is 46.0 Å². The first kappa shape index (κ1) is 37.7. The van der Waals surface area contributed by atoms with Crippen LogP contribution in [-0.2, 0) is 29.1 Å². The molecule has 0 saturated carbocycles. The lowest BCUT2D eigenvalue weighted by molar-refractivity contribution is -0.384. The van der Waals surface area contributed by atoms with Crippen LogP contribution in [0.4, 0.5) is 19.3 Å². The number of nitro benzene ring substituents is 1. The second-order valence-electron chi connectivity index (χ2n) is 10.9. The minimum Gasteiger partial charge on any atom is -0.453 e. The van der Waals surface area contributed by atoms with Gasteiger partial charge in [-0.15, -0.1) is 0 Å². The number of nitro groups is 1. The van der Waals surface area contributed by atoms with E-state index >= 15 is 8.78 Å². The predicted octanol–water partition coefficient (Wildman–Crippen LogP) is 4.36. The maximum absolute atomic E-state index is 15.1. The molecule has 0 aliphatic carbocycles. The number of halogens is 2. The van der Waals surface area contributed by atoms with E-state index in [2.05, 4.69) is 5.32 Å². The van der Waals surface area contributed by atoms with E-state index in [1.807, 2.05) is 0 Å². The summed E-state index contributed by atoms with van der Waals surface area (Å²) in [6.07, 6.45) is -3.42. The van der Waals surface area contributed by atoms with Gasteiger partial charge in [-0.1, -0.05) is 60.7 Å². The molecule has 0 aromatic heterocycles. The van der Waals surface area contributed by atoms with Crippen LogP contribution in [0.25, 0.3) is 0 Å². The van der Waals surface area contributed by atoms with Crippen molar-refractivity contribution in [2.75, 3.05) is 13.7 Å². The van der Waals surface area contributed by atoms with Crippen molar-refractivity contribution in [3.8, 4) is 0 Å². The first-order chi connectivity index (χ1) is 22.6. The Morgan fingerprint density at radius 3 is 1.90 bits per heavy atom. The van der Waals surface area contributed by atoms with Crippen molar-refractivity contribution >= 4 is 33.7 Å². The van der Waals surface area contributed by atoms with Gasteiger partial charge in [-0.3, -0.25) is 10.1 Å². The highest BCUT2D eigenvalue weighted by atomic mass is 32.2. The normalized spacial score (nSPS) is 13.2. The van der Waals surface area contributed by atoms with E-state index < -0.39 is 92.9 Å².